The van der Waals surface area contributed by atoms with Gasteiger partial charge in [0.25, 0.3) is 0 Å². The van der Waals surface area contributed by atoms with Crippen molar-refractivity contribution in [3.63, 3.8) is 0 Å². The van der Waals surface area contributed by atoms with Crippen molar-refractivity contribution in [1.82, 2.24) is 9.97 Å². The van der Waals surface area contributed by atoms with Gasteiger partial charge in [-0.05, 0) is 18.3 Å². The summed E-state index contributed by atoms with van der Waals surface area (Å²) in [6.45, 7) is 18.0. The van der Waals surface area contributed by atoms with E-state index in [2.05, 4.69) is 60.4 Å². The second-order valence-electron chi connectivity index (χ2n) is 6.98. The molecule has 0 amide bonds. The van der Waals surface area contributed by atoms with Gasteiger partial charge in [-0.25, -0.2) is 4.98 Å². The molecule has 0 saturated carbocycles. The Hall–Kier alpha value is -0.790. The fourth-order valence-corrected chi connectivity index (χ4v) is 2.00. The lowest BCUT2D eigenvalue weighted by molar-refractivity contribution is 0.510. The number of aromatic nitrogens is 2. The summed E-state index contributed by atoms with van der Waals surface area (Å²) in [5, 5.41) is 0. The van der Waals surface area contributed by atoms with Crippen LogP contribution in [0.1, 0.15) is 90.9 Å². The van der Waals surface area contributed by atoms with Crippen LogP contribution in [0.2, 0.25) is 0 Å². The van der Waals surface area contributed by atoms with Gasteiger partial charge in [-0.2, -0.15) is 0 Å². The molecule has 104 valence electrons. The van der Waals surface area contributed by atoms with Crippen molar-refractivity contribution in [2.24, 2.45) is 5.92 Å². The van der Waals surface area contributed by atoms with Gasteiger partial charge < -0.3 is 4.98 Å². The van der Waals surface area contributed by atoms with Crippen molar-refractivity contribution in [1.29, 1.82) is 0 Å². The Morgan fingerprint density at radius 1 is 1.11 bits per heavy atom. The van der Waals surface area contributed by atoms with Gasteiger partial charge in [-0.3, -0.25) is 0 Å². The number of H-pyrrole nitrogens is 1. The van der Waals surface area contributed by atoms with Gasteiger partial charge in [0.05, 0.1) is 5.69 Å². The lowest BCUT2D eigenvalue weighted by Gasteiger charge is -2.18. The number of hydrogen-bond donors (Lipinski definition) is 1. The molecule has 1 heterocycles. The van der Waals surface area contributed by atoms with Gasteiger partial charge in [-0.15, -0.1) is 0 Å². The Morgan fingerprint density at radius 3 is 2.06 bits per heavy atom. The molecule has 0 fully saturated rings. The standard InChI is InChI=1S/C16H30N2/c1-9-11(4)13-14(12(5)10(2)3)18-15(17-13)16(6,7)8/h10-12H,9H2,1-8H3,(H,17,18). The predicted octanol–water partition coefficient (Wildman–Crippen LogP) is 4.98. The molecule has 1 rings (SSSR count). The molecule has 2 unspecified atom stereocenters. The van der Waals surface area contributed by atoms with Crippen molar-refractivity contribution in [3.05, 3.63) is 17.2 Å². The number of nitrogens with zero attached hydrogens (tertiary/aromatic N) is 1. The highest BCUT2D eigenvalue weighted by Gasteiger charge is 2.26. The average Bonchev–Trinajstić information content (AvgIpc) is 2.71. The Labute approximate surface area is 113 Å². The van der Waals surface area contributed by atoms with Gasteiger partial charge in [0.15, 0.2) is 0 Å². The van der Waals surface area contributed by atoms with Crippen molar-refractivity contribution >= 4 is 0 Å². The zero-order valence-electron chi connectivity index (χ0n) is 13.4. The van der Waals surface area contributed by atoms with E-state index in [1.165, 1.54) is 11.4 Å². The molecule has 0 radical (unpaired) electrons. The maximum atomic E-state index is 4.90. The SMILES string of the molecule is CCC(C)c1nc(C(C)(C)C)[nH]c1C(C)C(C)C. The number of rotatable bonds is 4. The molecule has 1 aromatic rings. The van der Waals surface area contributed by atoms with Crippen LogP contribution in [0.3, 0.4) is 0 Å². The Bertz CT molecular complexity index is 382. The first-order valence-corrected chi connectivity index (χ1v) is 7.28. The second kappa shape index (κ2) is 5.46. The van der Waals surface area contributed by atoms with Crippen molar-refractivity contribution < 1.29 is 0 Å². The average molecular weight is 250 g/mol. The molecule has 1 aromatic heterocycles. The highest BCUT2D eigenvalue weighted by Crippen LogP contribution is 2.33. The van der Waals surface area contributed by atoms with Crippen LogP contribution >= 0.6 is 0 Å². The van der Waals surface area contributed by atoms with E-state index in [1.54, 1.807) is 0 Å². The van der Waals surface area contributed by atoms with E-state index in [1.807, 2.05) is 0 Å². The van der Waals surface area contributed by atoms with E-state index >= 15 is 0 Å². The number of hydrogen-bond acceptors (Lipinski definition) is 1. The molecule has 0 aromatic carbocycles. The summed E-state index contributed by atoms with van der Waals surface area (Å²) in [5.41, 5.74) is 2.73. The number of imidazole rings is 1. The zero-order valence-corrected chi connectivity index (χ0v) is 13.4. The summed E-state index contributed by atoms with van der Waals surface area (Å²) in [5.74, 6) is 2.84. The highest BCUT2D eigenvalue weighted by atomic mass is 15.0. The summed E-state index contributed by atoms with van der Waals surface area (Å²) in [6, 6.07) is 0. The van der Waals surface area contributed by atoms with E-state index < -0.39 is 0 Å². The molecule has 2 atom stereocenters. The third kappa shape index (κ3) is 3.15. The van der Waals surface area contributed by atoms with Crippen LogP contribution in [-0.2, 0) is 5.41 Å². The minimum atomic E-state index is 0.0944. The quantitative estimate of drug-likeness (QED) is 0.802. The summed E-state index contributed by atoms with van der Waals surface area (Å²) < 4.78 is 0. The van der Waals surface area contributed by atoms with Crippen LogP contribution in [0.4, 0.5) is 0 Å². The minimum Gasteiger partial charge on any atom is -0.345 e. The van der Waals surface area contributed by atoms with Gasteiger partial charge in [-0.1, -0.05) is 55.4 Å². The van der Waals surface area contributed by atoms with Crippen LogP contribution in [0.5, 0.6) is 0 Å². The molecule has 0 saturated heterocycles. The van der Waals surface area contributed by atoms with E-state index in [4.69, 9.17) is 4.98 Å². The lowest BCUT2D eigenvalue weighted by Crippen LogP contribution is -2.13. The predicted molar refractivity (Wildman–Crippen MR) is 79.2 cm³/mol. The first-order valence-electron chi connectivity index (χ1n) is 7.28. The molecule has 18 heavy (non-hydrogen) atoms. The third-order valence-electron chi connectivity index (χ3n) is 4.01. The van der Waals surface area contributed by atoms with E-state index in [9.17, 15) is 0 Å². The molecule has 0 spiro atoms. The topological polar surface area (TPSA) is 28.7 Å². The summed E-state index contributed by atoms with van der Waals surface area (Å²) >= 11 is 0. The van der Waals surface area contributed by atoms with Gasteiger partial charge in [0.1, 0.15) is 5.82 Å². The van der Waals surface area contributed by atoms with E-state index in [0.29, 0.717) is 17.8 Å². The zero-order chi connectivity index (χ0) is 14.1. The summed E-state index contributed by atoms with van der Waals surface area (Å²) in [4.78, 5) is 8.51. The van der Waals surface area contributed by atoms with Gasteiger partial charge in [0, 0.05) is 17.0 Å². The Balaban J connectivity index is 3.25. The molecular formula is C16H30N2. The molecule has 0 aliphatic carbocycles. The molecule has 2 heteroatoms. The minimum absolute atomic E-state index is 0.0944. The van der Waals surface area contributed by atoms with Crippen molar-refractivity contribution in [2.75, 3.05) is 0 Å². The second-order valence-corrected chi connectivity index (χ2v) is 6.98. The Morgan fingerprint density at radius 2 is 1.67 bits per heavy atom. The smallest absolute Gasteiger partial charge is 0.112 e. The molecule has 1 N–H and O–H groups in total. The third-order valence-corrected chi connectivity index (χ3v) is 4.01. The first kappa shape index (κ1) is 15.3. The normalized spacial score (nSPS) is 16.1. The van der Waals surface area contributed by atoms with Crippen molar-refractivity contribution in [2.45, 2.75) is 79.1 Å². The lowest BCUT2D eigenvalue weighted by atomic mass is 9.90. The highest BCUT2D eigenvalue weighted by molar-refractivity contribution is 5.25. The largest absolute Gasteiger partial charge is 0.345 e. The maximum absolute atomic E-state index is 4.90. The molecular weight excluding hydrogens is 220 g/mol. The van der Waals surface area contributed by atoms with Crippen LogP contribution < -0.4 is 0 Å². The summed E-state index contributed by atoms with van der Waals surface area (Å²) in [6.07, 6.45) is 1.15. The maximum Gasteiger partial charge on any atom is 0.112 e. The van der Waals surface area contributed by atoms with Gasteiger partial charge >= 0.3 is 0 Å². The molecule has 0 bridgehead atoms. The van der Waals surface area contributed by atoms with Crippen LogP contribution in [0.25, 0.3) is 0 Å². The van der Waals surface area contributed by atoms with Gasteiger partial charge in [0.2, 0.25) is 0 Å². The van der Waals surface area contributed by atoms with E-state index in [-0.39, 0.29) is 5.41 Å². The molecule has 0 aliphatic rings. The number of aromatic amines is 1. The molecule has 2 nitrogen and oxygen atoms in total. The van der Waals surface area contributed by atoms with Crippen LogP contribution in [-0.4, -0.2) is 9.97 Å². The van der Waals surface area contributed by atoms with Crippen LogP contribution in [0.15, 0.2) is 0 Å². The van der Waals surface area contributed by atoms with Crippen LogP contribution in [0, 0.1) is 5.92 Å². The summed E-state index contributed by atoms with van der Waals surface area (Å²) in [7, 11) is 0. The number of nitrogens with one attached hydrogen (secondary N) is 1. The fraction of sp³-hybridized carbons (Fsp3) is 0.812. The monoisotopic (exact) mass is 250 g/mol. The Kier molecular flexibility index (Phi) is 4.63. The van der Waals surface area contributed by atoms with E-state index in [0.717, 1.165) is 12.2 Å². The molecule has 0 aliphatic heterocycles. The van der Waals surface area contributed by atoms with Crippen molar-refractivity contribution in [3.8, 4) is 0 Å². The fourth-order valence-electron chi connectivity index (χ4n) is 2.00. The first-order chi connectivity index (χ1) is 8.18.